The summed E-state index contributed by atoms with van der Waals surface area (Å²) < 4.78 is 11.0. The van der Waals surface area contributed by atoms with Gasteiger partial charge in [0, 0.05) is 11.4 Å². The average Bonchev–Trinajstić information content (AvgIpc) is 2.68. The van der Waals surface area contributed by atoms with E-state index in [2.05, 4.69) is 5.32 Å². The van der Waals surface area contributed by atoms with E-state index in [1.165, 1.54) is 7.11 Å². The van der Waals surface area contributed by atoms with Crippen LogP contribution in [0.3, 0.4) is 0 Å². The quantitative estimate of drug-likeness (QED) is 0.741. The number of amides is 1. The molecule has 154 valence electrons. The van der Waals surface area contributed by atoms with Crippen LogP contribution in [0.2, 0.25) is 5.02 Å². The number of halogens is 1. The van der Waals surface area contributed by atoms with Crippen molar-refractivity contribution in [1.29, 1.82) is 0 Å². The van der Waals surface area contributed by atoms with Gasteiger partial charge in [0.15, 0.2) is 0 Å². The Balaban J connectivity index is 1.95. The maximum atomic E-state index is 13.2. The van der Waals surface area contributed by atoms with Crippen LogP contribution >= 0.6 is 11.6 Å². The third kappa shape index (κ3) is 4.40. The van der Waals surface area contributed by atoms with Crippen LogP contribution < -0.4 is 10.1 Å². The van der Waals surface area contributed by atoms with Gasteiger partial charge >= 0.3 is 5.97 Å². The van der Waals surface area contributed by atoms with E-state index in [1.807, 2.05) is 39.0 Å². The van der Waals surface area contributed by atoms with Crippen LogP contribution in [0.25, 0.3) is 0 Å². The van der Waals surface area contributed by atoms with E-state index < -0.39 is 11.5 Å². The standard InChI is InChI=1S/C23H26ClNO4/c1-14(2)29-20-15(3)6-5-7-19(20)21(26)25-23(22(27)28-4)11-10-16-12-18(24)9-8-17(16)13-23/h5-9,12,14H,10-11,13H2,1-4H3,(H,25,26). The largest absolute Gasteiger partial charge is 0.490 e. The molecule has 1 aliphatic rings. The number of methoxy groups -OCH3 is 1. The van der Waals surface area contributed by atoms with Gasteiger partial charge in [-0.15, -0.1) is 0 Å². The Morgan fingerprint density at radius 1 is 1.17 bits per heavy atom. The normalized spacial score (nSPS) is 18.1. The molecule has 0 heterocycles. The summed E-state index contributed by atoms with van der Waals surface area (Å²) in [4.78, 5) is 26.0. The van der Waals surface area contributed by atoms with Gasteiger partial charge in [-0.2, -0.15) is 0 Å². The number of fused-ring (bicyclic) bond motifs is 1. The Morgan fingerprint density at radius 2 is 1.93 bits per heavy atom. The molecular weight excluding hydrogens is 390 g/mol. The SMILES string of the molecule is COC(=O)C1(NC(=O)c2cccc(C)c2OC(C)C)CCc2cc(Cl)ccc2C1. The van der Waals surface area contributed by atoms with Gasteiger partial charge in [0.25, 0.3) is 5.91 Å². The Labute approximate surface area is 176 Å². The van der Waals surface area contributed by atoms with E-state index in [1.54, 1.807) is 18.2 Å². The van der Waals surface area contributed by atoms with E-state index in [9.17, 15) is 9.59 Å². The smallest absolute Gasteiger partial charge is 0.331 e. The van der Waals surface area contributed by atoms with Gasteiger partial charge in [0.05, 0.1) is 18.8 Å². The lowest BCUT2D eigenvalue weighted by molar-refractivity contribution is -0.148. The minimum Gasteiger partial charge on any atom is -0.490 e. The van der Waals surface area contributed by atoms with Gasteiger partial charge in [0.1, 0.15) is 11.3 Å². The topological polar surface area (TPSA) is 64.6 Å². The summed E-state index contributed by atoms with van der Waals surface area (Å²) in [7, 11) is 1.34. The van der Waals surface area contributed by atoms with Crippen molar-refractivity contribution in [2.75, 3.05) is 7.11 Å². The summed E-state index contributed by atoms with van der Waals surface area (Å²) >= 11 is 6.10. The highest BCUT2D eigenvalue weighted by Crippen LogP contribution is 2.33. The molecular formula is C23H26ClNO4. The third-order valence-corrected chi connectivity index (χ3v) is 5.46. The number of aryl methyl sites for hydroxylation is 2. The first-order chi connectivity index (χ1) is 13.8. The molecule has 1 aliphatic carbocycles. The Morgan fingerprint density at radius 3 is 2.62 bits per heavy atom. The number of hydrogen-bond donors (Lipinski definition) is 1. The molecule has 1 N–H and O–H groups in total. The number of benzene rings is 2. The summed E-state index contributed by atoms with van der Waals surface area (Å²) in [5.74, 6) is -0.277. The molecule has 1 atom stereocenters. The van der Waals surface area contributed by atoms with Crippen molar-refractivity contribution in [2.24, 2.45) is 0 Å². The predicted octanol–water partition coefficient (Wildman–Crippen LogP) is 4.27. The number of ether oxygens (including phenoxy) is 2. The lowest BCUT2D eigenvalue weighted by Crippen LogP contribution is -2.58. The van der Waals surface area contributed by atoms with Crippen molar-refractivity contribution in [1.82, 2.24) is 5.32 Å². The number of esters is 1. The van der Waals surface area contributed by atoms with Gasteiger partial charge in [-0.25, -0.2) is 4.79 Å². The zero-order chi connectivity index (χ0) is 21.2. The second kappa shape index (κ2) is 8.46. The van der Waals surface area contributed by atoms with Crippen LogP contribution in [-0.2, 0) is 22.4 Å². The molecule has 5 nitrogen and oxygen atoms in total. The first-order valence-electron chi connectivity index (χ1n) is 9.70. The molecule has 0 aromatic heterocycles. The summed E-state index contributed by atoms with van der Waals surface area (Å²) in [5, 5.41) is 3.63. The minimum absolute atomic E-state index is 0.0801. The molecule has 3 rings (SSSR count). The highest BCUT2D eigenvalue weighted by atomic mass is 35.5. The van der Waals surface area contributed by atoms with Crippen LogP contribution in [0.5, 0.6) is 5.75 Å². The zero-order valence-corrected chi connectivity index (χ0v) is 17.9. The van der Waals surface area contributed by atoms with Gasteiger partial charge in [-0.3, -0.25) is 4.79 Å². The molecule has 0 radical (unpaired) electrons. The lowest BCUT2D eigenvalue weighted by Gasteiger charge is -2.36. The van der Waals surface area contributed by atoms with E-state index >= 15 is 0 Å². The molecule has 1 unspecified atom stereocenters. The second-order valence-corrected chi connectivity index (χ2v) is 8.17. The minimum atomic E-state index is -1.13. The first-order valence-corrected chi connectivity index (χ1v) is 10.1. The molecule has 0 fully saturated rings. The maximum Gasteiger partial charge on any atom is 0.331 e. The van der Waals surface area contributed by atoms with Crippen molar-refractivity contribution in [3.8, 4) is 5.75 Å². The van der Waals surface area contributed by atoms with Crippen molar-refractivity contribution in [3.63, 3.8) is 0 Å². The van der Waals surface area contributed by atoms with Crippen molar-refractivity contribution in [2.45, 2.75) is 51.7 Å². The van der Waals surface area contributed by atoms with E-state index in [4.69, 9.17) is 21.1 Å². The van der Waals surface area contributed by atoms with E-state index in [0.29, 0.717) is 35.6 Å². The van der Waals surface area contributed by atoms with Crippen LogP contribution in [0.4, 0.5) is 0 Å². The number of rotatable bonds is 5. The van der Waals surface area contributed by atoms with Crippen molar-refractivity contribution >= 4 is 23.5 Å². The number of carbonyl (C=O) groups is 2. The summed E-state index contributed by atoms with van der Waals surface area (Å²) in [5.41, 5.74) is 2.21. The predicted molar refractivity (Wildman–Crippen MR) is 113 cm³/mol. The first kappa shape index (κ1) is 21.2. The zero-order valence-electron chi connectivity index (χ0n) is 17.2. The highest BCUT2D eigenvalue weighted by Gasteiger charge is 2.44. The molecule has 0 bridgehead atoms. The molecule has 2 aromatic carbocycles. The Kier molecular flexibility index (Phi) is 6.18. The molecule has 6 heteroatoms. The number of nitrogens with one attached hydrogen (secondary N) is 1. The van der Waals surface area contributed by atoms with Crippen molar-refractivity contribution in [3.05, 3.63) is 63.7 Å². The molecule has 0 saturated carbocycles. The fourth-order valence-electron chi connectivity index (χ4n) is 3.80. The van der Waals surface area contributed by atoms with Gasteiger partial charge < -0.3 is 14.8 Å². The number of hydrogen-bond acceptors (Lipinski definition) is 4. The average molecular weight is 416 g/mol. The molecule has 0 aliphatic heterocycles. The Hall–Kier alpha value is -2.53. The number of carbonyl (C=O) groups excluding carboxylic acids is 2. The van der Waals surface area contributed by atoms with Crippen LogP contribution in [0.15, 0.2) is 36.4 Å². The summed E-state index contributed by atoms with van der Waals surface area (Å²) in [6, 6.07) is 11.0. The molecule has 29 heavy (non-hydrogen) atoms. The molecule has 2 aromatic rings. The fourth-order valence-corrected chi connectivity index (χ4v) is 3.99. The molecule has 0 spiro atoms. The number of para-hydroxylation sites is 1. The van der Waals surface area contributed by atoms with Crippen molar-refractivity contribution < 1.29 is 19.1 Å². The van der Waals surface area contributed by atoms with Gasteiger partial charge in [-0.1, -0.05) is 29.8 Å². The summed E-state index contributed by atoms with van der Waals surface area (Å²) in [6.45, 7) is 5.71. The third-order valence-electron chi connectivity index (χ3n) is 5.22. The van der Waals surface area contributed by atoms with Crippen LogP contribution in [-0.4, -0.2) is 30.6 Å². The maximum absolute atomic E-state index is 13.2. The van der Waals surface area contributed by atoms with E-state index in [0.717, 1.165) is 16.7 Å². The second-order valence-electron chi connectivity index (χ2n) is 7.74. The van der Waals surface area contributed by atoms with E-state index in [-0.39, 0.29) is 12.0 Å². The van der Waals surface area contributed by atoms with Gasteiger partial charge in [0.2, 0.25) is 0 Å². The summed E-state index contributed by atoms with van der Waals surface area (Å²) in [6.07, 6.45) is 1.33. The fraction of sp³-hybridized carbons (Fsp3) is 0.391. The molecule has 0 saturated heterocycles. The van der Waals surface area contributed by atoms with Crippen LogP contribution in [0, 0.1) is 6.92 Å². The lowest BCUT2D eigenvalue weighted by atomic mass is 9.77. The molecule has 1 amide bonds. The highest BCUT2D eigenvalue weighted by molar-refractivity contribution is 6.30. The Bertz CT molecular complexity index is 940. The van der Waals surface area contributed by atoms with Crippen LogP contribution in [0.1, 0.15) is 47.3 Å². The van der Waals surface area contributed by atoms with Gasteiger partial charge in [-0.05, 0) is 68.5 Å². The monoisotopic (exact) mass is 415 g/mol.